The van der Waals surface area contributed by atoms with Crippen LogP contribution in [0.5, 0.6) is 0 Å². The van der Waals surface area contributed by atoms with Gasteiger partial charge in [0.05, 0.1) is 216 Å². The Morgan fingerprint density at radius 1 is 0.193 bits per heavy atom. The average molecular weight is 1660 g/mol. The number of ether oxygens (including phenoxy) is 14. The summed E-state index contributed by atoms with van der Waals surface area (Å²) in [5.41, 5.74) is -2.41. The Balaban J connectivity index is -0.000000106. The molecule has 694 valence electrons. The molecule has 0 amide bonds. The van der Waals surface area contributed by atoms with E-state index in [4.69, 9.17) is 97.0 Å². The van der Waals surface area contributed by atoms with Crippen molar-refractivity contribution in [1.29, 1.82) is 0 Å². The number of aliphatic hydroxyl groups is 10. The molecule has 24 nitrogen and oxygen atoms in total. The van der Waals surface area contributed by atoms with Gasteiger partial charge in [0, 0.05) is 67.9 Å². The summed E-state index contributed by atoms with van der Waals surface area (Å²) in [4.78, 5) is 0. The second kappa shape index (κ2) is 110. The second-order valence-electron chi connectivity index (χ2n) is 27.4. The van der Waals surface area contributed by atoms with Gasteiger partial charge in [0.1, 0.15) is 0 Å². The topological polar surface area (TPSA) is 332 Å². The molecule has 0 spiro atoms. The fraction of sp³-hybridized carbons (Fsp3) is 0.844. The minimum Gasteiger partial charge on any atom is -0.396 e. The summed E-state index contributed by atoms with van der Waals surface area (Å²) in [6, 6.07) is 0. The maximum atomic E-state index is 9.81. The lowest BCUT2D eigenvalue weighted by Crippen LogP contribution is -2.41. The molecule has 0 aliphatic heterocycles. The smallest absolute Gasteiger partial charge is 0.0701 e. The highest BCUT2D eigenvalue weighted by Gasteiger charge is 2.34. The first-order valence-electron chi connectivity index (χ1n) is 40.7. The highest BCUT2D eigenvalue weighted by molar-refractivity contribution is 4.84. The molecule has 0 heterocycles. The highest BCUT2D eigenvalue weighted by atomic mass is 16.5. The van der Waals surface area contributed by atoms with Crippen LogP contribution >= 0.6 is 0 Å². The molecule has 0 saturated carbocycles. The molecule has 0 aliphatic rings. The maximum Gasteiger partial charge on any atom is 0.0701 e. The third-order valence-corrected chi connectivity index (χ3v) is 16.9. The molecule has 10 N–H and O–H groups in total. The Morgan fingerprint density at radius 2 is 0.360 bits per heavy atom. The van der Waals surface area contributed by atoms with Crippen molar-refractivity contribution in [2.24, 2.45) is 32.5 Å². The van der Waals surface area contributed by atoms with Crippen molar-refractivity contribution >= 4 is 0 Å². The third-order valence-electron chi connectivity index (χ3n) is 16.9. The van der Waals surface area contributed by atoms with Crippen molar-refractivity contribution in [3.8, 4) is 0 Å². The fourth-order valence-corrected chi connectivity index (χ4v) is 8.26. The fourth-order valence-electron chi connectivity index (χ4n) is 8.26. The van der Waals surface area contributed by atoms with Gasteiger partial charge in [-0.15, -0.1) is 46.1 Å². The first-order valence-corrected chi connectivity index (χ1v) is 40.7. The van der Waals surface area contributed by atoms with Crippen molar-refractivity contribution in [1.82, 2.24) is 0 Å². The molecular weight excluding hydrogens is 1460 g/mol. The van der Waals surface area contributed by atoms with E-state index in [9.17, 15) is 20.4 Å². The lowest BCUT2D eigenvalue weighted by Gasteiger charge is -2.31. The van der Waals surface area contributed by atoms with E-state index in [1.54, 1.807) is 42.5 Å². The van der Waals surface area contributed by atoms with Gasteiger partial charge in [-0.25, -0.2) is 0 Å². The zero-order valence-corrected chi connectivity index (χ0v) is 72.1. The minimum absolute atomic E-state index is 0. The molecule has 0 fully saturated rings. The molecule has 0 rings (SSSR count). The van der Waals surface area contributed by atoms with Crippen LogP contribution < -0.4 is 0 Å². The molecular formula is C90H190O24. The van der Waals surface area contributed by atoms with Crippen LogP contribution in [0.4, 0.5) is 0 Å². The first kappa shape index (κ1) is 137. The van der Waals surface area contributed by atoms with E-state index >= 15 is 0 Å². The normalized spacial score (nSPS) is 11.0. The standard InChI is InChI=1S/C17H36O4.C14H24O4.C14H30O3.C12H22O3.C10H22O3.C9H18O3.C5H12O2.C5H10O2.4CH4/c1-4-7-10-19-14-17(13-18,15-20-11-8-5-2)16-21-12-9-6-3;1-4-7-16-11-14(10-15,12-17-8-5-2)13-18-9-6-3;1-4-7-9-16-12-14(6-3,11-15)13-17-10-8-5-2;1-4-7-14-10-12(6-3,9-13)11-15-8-5-2;1-3-5-6-13-9-10(4-2,7-11)8-12;1-3-5-12-8-9(4-2,6-10)7-11;2*1-2-4-7-5-3-6;;;;/h18H,4-16H2,1-3H3;4-6,15H,1-3,7-13H2;15H,4-13H2,1-3H3;4-5,13H,1-2,6-11H2,3H3;11-12H,3-9H2,1-2H3;3,10-11H,1,4-8H2,2H3;6H,2-5H2,1H3;2,6H,1,3-5H2;4*1H4. The lowest BCUT2D eigenvalue weighted by molar-refractivity contribution is -0.0935. The summed E-state index contributed by atoms with van der Waals surface area (Å²) >= 11 is 0. The summed E-state index contributed by atoms with van der Waals surface area (Å²) < 4.78 is 75.7. The third kappa shape index (κ3) is 90.0. The molecule has 0 atom stereocenters. The SMILES string of the molecule is C.C.C.C.C=CCOCC(CC)(CO)CO.C=CCOCC(CC)(CO)COCC=C.C=CCOCC(CO)(COCC=C)COCC=C.C=CCOCCO.CCCCOCC(CC)(CO)CO.CCCCOCC(CC)(CO)COCCCC.CCCCOCC(CO)(COCCCC)COCCCC.CCCOCCO. The van der Waals surface area contributed by atoms with Gasteiger partial charge in [-0.1, -0.05) is 187 Å². The molecule has 0 radical (unpaired) electrons. The Hall–Kier alpha value is -2.78. The zero-order valence-electron chi connectivity index (χ0n) is 72.1. The molecule has 0 bridgehead atoms. The largest absolute Gasteiger partial charge is 0.396 e. The maximum absolute atomic E-state index is 9.81. The lowest BCUT2D eigenvalue weighted by atomic mass is 9.88. The van der Waals surface area contributed by atoms with Crippen molar-refractivity contribution in [3.63, 3.8) is 0 Å². The molecule has 114 heavy (non-hydrogen) atoms. The summed E-state index contributed by atoms with van der Waals surface area (Å²) in [5, 5.41) is 90.8. The molecule has 0 saturated heterocycles. The molecule has 0 aromatic carbocycles. The average Bonchev–Trinajstić information content (AvgIpc) is 0.939. The number of rotatable bonds is 74. The number of aliphatic hydroxyl groups excluding tert-OH is 10. The predicted molar refractivity (Wildman–Crippen MR) is 476 cm³/mol. The van der Waals surface area contributed by atoms with Crippen LogP contribution in [0, 0.1) is 32.5 Å². The summed E-state index contributed by atoms with van der Waals surface area (Å²) in [6.07, 6.45) is 29.0. The highest BCUT2D eigenvalue weighted by Crippen LogP contribution is 2.26. The van der Waals surface area contributed by atoms with E-state index in [1.165, 1.54) is 0 Å². The van der Waals surface area contributed by atoms with Crippen LogP contribution in [0.25, 0.3) is 0 Å². The number of hydrogen-bond acceptors (Lipinski definition) is 24. The van der Waals surface area contributed by atoms with Gasteiger partial charge < -0.3 is 117 Å². The Labute approximate surface area is 701 Å². The summed E-state index contributed by atoms with van der Waals surface area (Å²) in [6.45, 7) is 63.0. The van der Waals surface area contributed by atoms with Gasteiger partial charge in [0.15, 0.2) is 0 Å². The van der Waals surface area contributed by atoms with E-state index in [2.05, 4.69) is 94.5 Å². The van der Waals surface area contributed by atoms with Crippen LogP contribution in [-0.2, 0) is 66.3 Å². The van der Waals surface area contributed by atoms with Gasteiger partial charge in [-0.3, -0.25) is 0 Å². The molecule has 0 aromatic rings. The van der Waals surface area contributed by atoms with E-state index in [0.717, 1.165) is 149 Å². The van der Waals surface area contributed by atoms with Crippen molar-refractivity contribution in [2.45, 2.75) is 215 Å². The van der Waals surface area contributed by atoms with E-state index < -0.39 is 21.7 Å². The first-order chi connectivity index (χ1) is 53.3. The van der Waals surface area contributed by atoms with Gasteiger partial charge in [0.25, 0.3) is 0 Å². The summed E-state index contributed by atoms with van der Waals surface area (Å²) in [5.74, 6) is 0. The quantitative estimate of drug-likeness (QED) is 0.0200. The van der Waals surface area contributed by atoms with Crippen LogP contribution in [0.15, 0.2) is 88.6 Å². The van der Waals surface area contributed by atoms with E-state index in [-0.39, 0.29) is 107 Å². The Kier molecular flexibility index (Phi) is 133. The Bertz CT molecular complexity index is 1680. The van der Waals surface area contributed by atoms with Gasteiger partial charge in [0.2, 0.25) is 0 Å². The van der Waals surface area contributed by atoms with Crippen molar-refractivity contribution < 1.29 is 117 Å². The van der Waals surface area contributed by atoms with Gasteiger partial charge >= 0.3 is 0 Å². The predicted octanol–water partition coefficient (Wildman–Crippen LogP) is 14.7. The molecule has 0 aliphatic carbocycles. The number of unbranched alkanes of at least 4 members (excludes halogenated alkanes) is 6. The number of hydrogen-bond donors (Lipinski definition) is 10. The van der Waals surface area contributed by atoms with Crippen molar-refractivity contribution in [2.75, 3.05) is 251 Å². The molecule has 24 heteroatoms. The van der Waals surface area contributed by atoms with Crippen LogP contribution in [0.2, 0.25) is 0 Å². The van der Waals surface area contributed by atoms with Gasteiger partial charge in [-0.2, -0.15) is 0 Å². The van der Waals surface area contributed by atoms with Crippen molar-refractivity contribution in [3.05, 3.63) is 88.6 Å². The van der Waals surface area contributed by atoms with E-state index in [0.29, 0.717) is 145 Å². The Morgan fingerprint density at radius 3 is 0.535 bits per heavy atom. The zero-order chi connectivity index (χ0) is 84.7. The van der Waals surface area contributed by atoms with E-state index in [1.807, 2.05) is 27.7 Å². The van der Waals surface area contributed by atoms with Crippen LogP contribution in [0.3, 0.4) is 0 Å². The van der Waals surface area contributed by atoms with Gasteiger partial charge in [-0.05, 0) is 70.6 Å². The molecule has 0 unspecified atom stereocenters. The van der Waals surface area contributed by atoms with Crippen LogP contribution in [0.1, 0.15) is 215 Å². The summed E-state index contributed by atoms with van der Waals surface area (Å²) in [7, 11) is 0. The molecule has 0 aromatic heterocycles. The second-order valence-corrected chi connectivity index (χ2v) is 27.4. The minimum atomic E-state index is -0.560. The van der Waals surface area contributed by atoms with Crippen LogP contribution in [-0.4, -0.2) is 302 Å². The monoisotopic (exact) mass is 1660 g/mol.